The van der Waals surface area contributed by atoms with Crippen molar-refractivity contribution in [3.63, 3.8) is 0 Å². The van der Waals surface area contributed by atoms with Crippen molar-refractivity contribution in [3.8, 4) is 5.75 Å². The Morgan fingerprint density at radius 2 is 1.91 bits per heavy atom. The third-order valence-electron chi connectivity index (χ3n) is 4.84. The predicted octanol–water partition coefficient (Wildman–Crippen LogP) is 5.48. The van der Waals surface area contributed by atoms with Gasteiger partial charge in [0.1, 0.15) is 11.6 Å². The number of ether oxygens (including phenoxy) is 2. The third kappa shape index (κ3) is 6.29. The van der Waals surface area contributed by atoms with Crippen molar-refractivity contribution in [2.45, 2.75) is 46.1 Å². The van der Waals surface area contributed by atoms with Crippen LogP contribution in [0, 0.1) is 0 Å². The van der Waals surface area contributed by atoms with E-state index in [-0.39, 0.29) is 12.2 Å². The predicted molar refractivity (Wildman–Crippen MR) is 136 cm³/mol. The van der Waals surface area contributed by atoms with Gasteiger partial charge in [-0.1, -0.05) is 45.2 Å². The van der Waals surface area contributed by atoms with E-state index in [9.17, 15) is 9.59 Å². The highest BCUT2D eigenvalue weighted by atomic mass is 79.9. The van der Waals surface area contributed by atoms with Gasteiger partial charge in [0.15, 0.2) is 6.10 Å². The molecule has 3 aromatic rings. The Balaban J connectivity index is 2.04. The minimum Gasteiger partial charge on any atom is -0.478 e. The molecule has 174 valence electrons. The molecule has 9 heteroatoms. The summed E-state index contributed by atoms with van der Waals surface area (Å²) in [5.41, 5.74) is 0.986. The third-order valence-corrected chi connectivity index (χ3v) is 5.82. The number of rotatable bonds is 9. The Morgan fingerprint density at radius 3 is 2.64 bits per heavy atom. The lowest BCUT2D eigenvalue weighted by Crippen LogP contribution is -2.26. The summed E-state index contributed by atoms with van der Waals surface area (Å²) < 4.78 is 13.8. The van der Waals surface area contributed by atoms with Crippen molar-refractivity contribution in [2.75, 3.05) is 6.61 Å². The Morgan fingerprint density at radius 1 is 1.18 bits per heavy atom. The molecule has 0 aliphatic rings. The van der Waals surface area contributed by atoms with Crippen LogP contribution in [0.15, 0.2) is 55.2 Å². The number of esters is 1. The van der Waals surface area contributed by atoms with Crippen molar-refractivity contribution in [2.24, 2.45) is 5.10 Å². The highest BCUT2D eigenvalue weighted by Crippen LogP contribution is 2.23. The van der Waals surface area contributed by atoms with Crippen LogP contribution < -0.4 is 10.3 Å². The second-order valence-electron chi connectivity index (χ2n) is 7.35. The normalized spacial score (nSPS) is 12.3. The SMILES string of the molecule is CCCCc1nc2ccc(Br)cc2c(=O)n1N=Cc1cc(Br)ccc1O[C@@H](C)C(=O)OCC. The lowest BCUT2D eigenvalue weighted by atomic mass is 10.2. The summed E-state index contributed by atoms with van der Waals surface area (Å²) in [6.07, 6.45) is 3.22. The first-order valence-electron chi connectivity index (χ1n) is 10.7. The average Bonchev–Trinajstić information content (AvgIpc) is 2.79. The van der Waals surface area contributed by atoms with Gasteiger partial charge in [0.2, 0.25) is 0 Å². The molecule has 1 heterocycles. The highest BCUT2D eigenvalue weighted by Gasteiger charge is 2.17. The summed E-state index contributed by atoms with van der Waals surface area (Å²) in [5, 5.41) is 4.96. The number of hydrogen-bond acceptors (Lipinski definition) is 6. The highest BCUT2D eigenvalue weighted by molar-refractivity contribution is 9.10. The van der Waals surface area contributed by atoms with Gasteiger partial charge >= 0.3 is 5.97 Å². The van der Waals surface area contributed by atoms with Gasteiger partial charge in [-0.05, 0) is 56.7 Å². The molecule has 0 amide bonds. The van der Waals surface area contributed by atoms with Gasteiger partial charge in [-0.15, -0.1) is 0 Å². The van der Waals surface area contributed by atoms with Crippen LogP contribution in [-0.4, -0.2) is 34.6 Å². The number of halogens is 2. The molecule has 0 saturated heterocycles. The second kappa shape index (κ2) is 11.6. The number of carbonyl (C=O) groups is 1. The van der Waals surface area contributed by atoms with Crippen LogP contribution >= 0.6 is 31.9 Å². The molecule has 0 saturated carbocycles. The molecule has 0 unspecified atom stereocenters. The molecule has 0 fully saturated rings. The van der Waals surface area contributed by atoms with Crippen LogP contribution in [0.2, 0.25) is 0 Å². The summed E-state index contributed by atoms with van der Waals surface area (Å²) in [4.78, 5) is 29.9. The monoisotopic (exact) mass is 577 g/mol. The molecule has 0 aliphatic heterocycles. The lowest BCUT2D eigenvalue weighted by molar-refractivity contribution is -0.150. The van der Waals surface area contributed by atoms with E-state index in [1.165, 1.54) is 4.68 Å². The number of aromatic nitrogens is 2. The Bertz CT molecular complexity index is 1240. The summed E-state index contributed by atoms with van der Waals surface area (Å²) >= 11 is 6.87. The number of nitrogens with zero attached hydrogens (tertiary/aromatic N) is 3. The van der Waals surface area contributed by atoms with Crippen molar-refractivity contribution < 1.29 is 14.3 Å². The molecule has 0 radical (unpaired) electrons. The quantitative estimate of drug-likeness (QED) is 0.248. The minimum absolute atomic E-state index is 0.249. The Hall–Kier alpha value is -2.52. The van der Waals surface area contributed by atoms with E-state index in [0.717, 1.165) is 21.8 Å². The standard InChI is InChI=1S/C24H25Br2N3O4/c1-4-6-7-22-28-20-10-8-18(26)13-19(20)23(30)29(22)27-14-16-12-17(25)9-11-21(16)33-15(3)24(31)32-5-2/h8-15H,4-7H2,1-3H3/t15-/m0/s1. The van der Waals surface area contributed by atoms with Crippen LogP contribution in [-0.2, 0) is 16.0 Å². The molecule has 33 heavy (non-hydrogen) atoms. The van der Waals surface area contributed by atoms with E-state index < -0.39 is 12.1 Å². The smallest absolute Gasteiger partial charge is 0.347 e. The summed E-state index contributed by atoms with van der Waals surface area (Å²) in [6, 6.07) is 10.8. The van der Waals surface area contributed by atoms with E-state index in [0.29, 0.717) is 34.5 Å². The van der Waals surface area contributed by atoms with Crippen LogP contribution in [0.5, 0.6) is 5.75 Å². The summed E-state index contributed by atoms with van der Waals surface area (Å²) in [6.45, 7) is 5.72. The maximum atomic E-state index is 13.3. The first kappa shape index (κ1) is 25.1. The number of benzene rings is 2. The fourth-order valence-electron chi connectivity index (χ4n) is 3.16. The van der Waals surface area contributed by atoms with Gasteiger partial charge in [0, 0.05) is 20.9 Å². The van der Waals surface area contributed by atoms with Crippen LogP contribution in [0.1, 0.15) is 45.0 Å². The van der Waals surface area contributed by atoms with Gasteiger partial charge in [-0.25, -0.2) is 9.78 Å². The Labute approximate surface area is 209 Å². The van der Waals surface area contributed by atoms with E-state index in [1.54, 1.807) is 44.3 Å². The summed E-state index contributed by atoms with van der Waals surface area (Å²) in [7, 11) is 0. The number of carbonyl (C=O) groups excluding carboxylic acids is 1. The Kier molecular flexibility index (Phi) is 8.80. The molecule has 7 nitrogen and oxygen atoms in total. The second-order valence-corrected chi connectivity index (χ2v) is 9.18. The van der Waals surface area contributed by atoms with Crippen LogP contribution in [0.3, 0.4) is 0 Å². The number of aryl methyl sites for hydroxylation is 1. The molecule has 1 aromatic heterocycles. The van der Waals surface area contributed by atoms with Gasteiger partial charge in [0.25, 0.3) is 5.56 Å². The molecule has 0 aliphatic carbocycles. The summed E-state index contributed by atoms with van der Waals surface area (Å²) in [5.74, 6) is 0.582. The fraction of sp³-hybridized carbons (Fsp3) is 0.333. The molecule has 2 aromatic carbocycles. The average molecular weight is 579 g/mol. The number of fused-ring (bicyclic) bond motifs is 1. The van der Waals surface area contributed by atoms with Crippen molar-refractivity contribution in [3.05, 3.63) is 67.1 Å². The zero-order chi connectivity index (χ0) is 24.0. The molecule has 0 N–H and O–H groups in total. The number of unbranched alkanes of at least 4 members (excludes halogenated alkanes) is 1. The zero-order valence-electron chi connectivity index (χ0n) is 18.7. The molecule has 0 bridgehead atoms. The number of hydrogen-bond donors (Lipinski definition) is 0. The molecular weight excluding hydrogens is 554 g/mol. The minimum atomic E-state index is -0.791. The topological polar surface area (TPSA) is 82.8 Å². The van der Waals surface area contributed by atoms with Crippen LogP contribution in [0.4, 0.5) is 0 Å². The van der Waals surface area contributed by atoms with Gasteiger partial charge in [0.05, 0.1) is 23.7 Å². The van der Waals surface area contributed by atoms with E-state index in [4.69, 9.17) is 9.47 Å². The maximum absolute atomic E-state index is 13.3. The van der Waals surface area contributed by atoms with E-state index in [2.05, 4.69) is 48.9 Å². The van der Waals surface area contributed by atoms with Gasteiger partial charge in [-0.3, -0.25) is 4.79 Å². The first-order valence-corrected chi connectivity index (χ1v) is 12.3. The maximum Gasteiger partial charge on any atom is 0.347 e. The molecular formula is C24H25Br2N3O4. The fourth-order valence-corrected chi connectivity index (χ4v) is 3.90. The van der Waals surface area contributed by atoms with Gasteiger partial charge < -0.3 is 9.47 Å². The molecule has 0 spiro atoms. The van der Waals surface area contributed by atoms with Crippen molar-refractivity contribution in [1.29, 1.82) is 0 Å². The van der Waals surface area contributed by atoms with Gasteiger partial charge in [-0.2, -0.15) is 9.78 Å². The van der Waals surface area contributed by atoms with E-state index in [1.807, 2.05) is 12.1 Å². The van der Waals surface area contributed by atoms with Crippen LogP contribution in [0.25, 0.3) is 10.9 Å². The van der Waals surface area contributed by atoms with Crippen molar-refractivity contribution in [1.82, 2.24) is 9.66 Å². The lowest BCUT2D eigenvalue weighted by Gasteiger charge is -2.15. The molecule has 3 rings (SSSR count). The van der Waals surface area contributed by atoms with E-state index >= 15 is 0 Å². The zero-order valence-corrected chi connectivity index (χ0v) is 21.8. The largest absolute Gasteiger partial charge is 0.478 e. The molecule has 1 atom stereocenters. The van der Waals surface area contributed by atoms with Crippen molar-refractivity contribution >= 4 is 54.9 Å². The first-order chi connectivity index (χ1) is 15.8.